The average molecular weight is 729 g/mol. The Morgan fingerprint density at radius 3 is 0.661 bits per heavy atom. The van der Waals surface area contributed by atoms with Crippen molar-refractivity contribution in [2.24, 2.45) is 0 Å². The minimum atomic E-state index is 0.999. The van der Waals surface area contributed by atoms with Gasteiger partial charge in [-0.05, 0) is 119 Å². The van der Waals surface area contributed by atoms with Gasteiger partial charge in [0, 0.05) is 66.5 Å². The summed E-state index contributed by atoms with van der Waals surface area (Å²) in [6, 6.07) is 53.9. The molecule has 0 atom stereocenters. The van der Waals surface area contributed by atoms with E-state index in [9.17, 15) is 0 Å². The maximum atomic E-state index is 3.93. The number of benzene rings is 4. The Hall–Kier alpha value is -6.52. The smallest absolute Gasteiger partial charge is 0.0485 e. The lowest BCUT2D eigenvalue weighted by atomic mass is 10.0. The van der Waals surface area contributed by atoms with E-state index in [2.05, 4.69) is 193 Å². The van der Waals surface area contributed by atoms with Gasteiger partial charge >= 0.3 is 0 Å². The number of hydrogen-bond acceptors (Lipinski definition) is 0. The van der Waals surface area contributed by atoms with Gasteiger partial charge in [0.2, 0.25) is 0 Å². The molecule has 5 heterocycles. The van der Waals surface area contributed by atoms with Gasteiger partial charge in [-0.15, -0.1) is 0 Å². The summed E-state index contributed by atoms with van der Waals surface area (Å²) in [7, 11) is 0. The van der Waals surface area contributed by atoms with Crippen LogP contribution in [0.4, 0.5) is 0 Å². The Labute approximate surface area is 328 Å². The van der Waals surface area contributed by atoms with Crippen LogP contribution in [0.1, 0.15) is 95.0 Å². The van der Waals surface area contributed by atoms with Crippen molar-refractivity contribution in [2.45, 2.75) is 53.4 Å². The van der Waals surface area contributed by atoms with E-state index in [0.29, 0.717) is 0 Å². The molecule has 0 radical (unpaired) electrons. The second-order valence-corrected chi connectivity index (χ2v) is 14.8. The van der Waals surface area contributed by atoms with E-state index < -0.39 is 0 Å². The maximum Gasteiger partial charge on any atom is 0.0485 e. The summed E-state index contributed by atoms with van der Waals surface area (Å²) in [6.45, 7) is 8.83. The van der Waals surface area contributed by atoms with Crippen LogP contribution in [0.3, 0.4) is 0 Å². The molecule has 1 aliphatic rings. The molecule has 0 amide bonds. The number of H-pyrrole nitrogens is 4. The predicted molar refractivity (Wildman–Crippen MR) is 231 cm³/mol. The number of aromatic nitrogens is 4. The highest BCUT2D eigenvalue weighted by Crippen LogP contribution is 2.28. The van der Waals surface area contributed by atoms with Gasteiger partial charge in [-0.2, -0.15) is 0 Å². The fourth-order valence-electron chi connectivity index (χ4n) is 8.20. The van der Waals surface area contributed by atoms with Gasteiger partial charge in [0.1, 0.15) is 0 Å². The van der Waals surface area contributed by atoms with Gasteiger partial charge in [0.15, 0.2) is 0 Å². The summed E-state index contributed by atoms with van der Waals surface area (Å²) in [4.78, 5) is 15.7. The molecule has 9 rings (SSSR count). The fourth-order valence-corrected chi connectivity index (χ4v) is 8.20. The third-order valence-corrected chi connectivity index (χ3v) is 11.5. The number of fused-ring (bicyclic) bond motifs is 8. The van der Waals surface area contributed by atoms with Gasteiger partial charge in [0.05, 0.1) is 0 Å². The van der Waals surface area contributed by atoms with Crippen molar-refractivity contribution in [1.82, 2.24) is 19.9 Å². The Morgan fingerprint density at radius 1 is 0.250 bits per heavy atom. The van der Waals surface area contributed by atoms with E-state index in [1.54, 1.807) is 0 Å². The van der Waals surface area contributed by atoms with Crippen molar-refractivity contribution >= 4 is 22.3 Å². The molecular formula is C52H48N4. The highest BCUT2D eigenvalue weighted by Gasteiger charge is 2.18. The molecular weight excluding hydrogens is 681 g/mol. The van der Waals surface area contributed by atoms with Crippen molar-refractivity contribution < 1.29 is 0 Å². The maximum absolute atomic E-state index is 3.93. The molecule has 4 aromatic heterocycles. The first kappa shape index (κ1) is 35.2. The molecule has 8 aromatic rings. The van der Waals surface area contributed by atoms with E-state index in [-0.39, 0.29) is 0 Å². The van der Waals surface area contributed by atoms with E-state index in [4.69, 9.17) is 0 Å². The average Bonchev–Trinajstić information content (AvgIpc) is 4.10. The lowest BCUT2D eigenvalue weighted by Crippen LogP contribution is -2.19. The van der Waals surface area contributed by atoms with Crippen LogP contribution in [-0.2, 0) is 25.7 Å². The normalized spacial score (nSPS) is 12.8. The van der Waals surface area contributed by atoms with Gasteiger partial charge in [0.25, 0.3) is 0 Å². The van der Waals surface area contributed by atoms with Gasteiger partial charge in [-0.1, -0.05) is 125 Å². The minimum absolute atomic E-state index is 0.999. The summed E-state index contributed by atoms with van der Waals surface area (Å²) in [5.74, 6) is 0. The summed E-state index contributed by atoms with van der Waals surface area (Å²) < 4.78 is 0. The summed E-state index contributed by atoms with van der Waals surface area (Å²) in [5.41, 5.74) is 18.6. The van der Waals surface area contributed by atoms with Crippen LogP contribution in [0.2, 0.25) is 0 Å². The Balaban J connectivity index is 1.40. The predicted octanol–water partition coefficient (Wildman–Crippen LogP) is 8.55. The molecule has 0 fully saturated rings. The van der Waals surface area contributed by atoms with E-state index in [1.807, 2.05) is 0 Å². The lowest BCUT2D eigenvalue weighted by Gasteiger charge is -2.11. The van der Waals surface area contributed by atoms with Crippen LogP contribution in [0, 0.1) is 0 Å². The summed E-state index contributed by atoms with van der Waals surface area (Å²) in [5, 5.41) is 4.22. The molecule has 4 aromatic carbocycles. The van der Waals surface area contributed by atoms with Crippen LogP contribution in [0.25, 0.3) is 22.3 Å². The highest BCUT2D eigenvalue weighted by molar-refractivity contribution is 5.84. The topological polar surface area (TPSA) is 63.2 Å². The molecule has 56 heavy (non-hydrogen) atoms. The van der Waals surface area contributed by atoms with Crippen LogP contribution >= 0.6 is 0 Å². The standard InChI is InChI=1S/C52H48N4/c1-5-33-9-17-37(18-10-33)49-41-25-27-43(53-41)50(38-19-11-34(6-2)12-20-38)45-29-31-47(55-45)52(40-23-15-36(8-4)16-24-40)48-32-30-46(56-48)51(44-28-26-42(49)54-44)39-21-13-35(7-3)14-22-39/h9-32,53-56H,5-8H2,1-4H3. The molecule has 276 valence electrons. The zero-order valence-corrected chi connectivity index (χ0v) is 32.7. The Kier molecular flexibility index (Phi) is 9.40. The van der Waals surface area contributed by atoms with E-state index >= 15 is 0 Å². The molecule has 0 spiro atoms. The fraction of sp³-hybridized carbons (Fsp3) is 0.154. The number of aryl methyl sites for hydroxylation is 4. The Bertz CT molecular complexity index is 2510. The number of nitrogens with one attached hydrogen (secondary N) is 4. The SMILES string of the molecule is CCc1ccc(C2=c3ccc([nH]3)=C(c3ccc(CC)cc3)c3ccc([nH]3)C(c3ccc(CC)cc3)=c3ccc([nH]3)=C(c3ccc(CC)cc3)c3ccc2[nH]3)cc1. The van der Waals surface area contributed by atoms with Crippen LogP contribution < -0.4 is 21.4 Å². The van der Waals surface area contributed by atoms with Crippen LogP contribution in [0.15, 0.2) is 146 Å². The third kappa shape index (κ3) is 6.51. The third-order valence-electron chi connectivity index (χ3n) is 11.5. The molecule has 4 nitrogen and oxygen atoms in total. The van der Waals surface area contributed by atoms with E-state index in [0.717, 1.165) is 114 Å². The van der Waals surface area contributed by atoms with Gasteiger partial charge in [-0.3, -0.25) is 0 Å². The van der Waals surface area contributed by atoms with Crippen molar-refractivity contribution in [1.29, 1.82) is 0 Å². The number of aromatic amines is 4. The summed E-state index contributed by atoms with van der Waals surface area (Å²) >= 11 is 0. The van der Waals surface area contributed by atoms with Crippen molar-refractivity contribution in [3.63, 3.8) is 0 Å². The first-order valence-corrected chi connectivity index (χ1v) is 20.2. The first-order valence-electron chi connectivity index (χ1n) is 20.2. The monoisotopic (exact) mass is 728 g/mol. The van der Waals surface area contributed by atoms with Crippen molar-refractivity contribution in [3.8, 4) is 0 Å². The molecule has 4 N–H and O–H groups in total. The molecule has 0 saturated heterocycles. The number of hydrogen-bond donors (Lipinski definition) is 4. The summed E-state index contributed by atoms with van der Waals surface area (Å²) in [6.07, 6.45) is 3.99. The molecule has 1 aliphatic heterocycles. The largest absolute Gasteiger partial charge is 0.354 e. The quantitative estimate of drug-likeness (QED) is 0.121. The van der Waals surface area contributed by atoms with Crippen molar-refractivity contribution in [2.75, 3.05) is 0 Å². The zero-order chi connectivity index (χ0) is 38.2. The second-order valence-electron chi connectivity index (χ2n) is 14.8. The van der Waals surface area contributed by atoms with E-state index in [1.165, 1.54) is 22.3 Å². The van der Waals surface area contributed by atoms with Crippen molar-refractivity contribution in [3.05, 3.63) is 234 Å². The highest BCUT2D eigenvalue weighted by atomic mass is 14.8. The molecule has 4 heteroatoms. The first-order chi connectivity index (χ1) is 27.5. The molecule has 0 saturated carbocycles. The minimum Gasteiger partial charge on any atom is -0.354 e. The van der Waals surface area contributed by atoms with Gasteiger partial charge < -0.3 is 19.9 Å². The molecule has 0 aliphatic carbocycles. The molecule has 8 bridgehead atoms. The molecule has 0 unspecified atom stereocenters. The van der Waals surface area contributed by atoms with Crippen LogP contribution in [-0.4, -0.2) is 19.9 Å². The lowest BCUT2D eigenvalue weighted by molar-refractivity contribution is 1.13. The van der Waals surface area contributed by atoms with Crippen LogP contribution in [0.5, 0.6) is 0 Å². The van der Waals surface area contributed by atoms with Gasteiger partial charge in [-0.25, -0.2) is 0 Å². The zero-order valence-electron chi connectivity index (χ0n) is 32.7. The second kappa shape index (κ2) is 15.0. The number of rotatable bonds is 8. The Morgan fingerprint density at radius 2 is 0.464 bits per heavy atom.